The van der Waals surface area contributed by atoms with Crippen LogP contribution in [0.25, 0.3) is 77.6 Å². The molecule has 0 radical (unpaired) electrons. The van der Waals surface area contributed by atoms with E-state index in [1.165, 1.54) is 66.8 Å². The smallest absolute Gasteiger partial charge is 0.143 e. The second-order valence-corrected chi connectivity index (χ2v) is 18.7. The quantitative estimate of drug-likeness (QED) is 0.176. The molecule has 15 rings (SSSR count). The fourth-order valence-electron chi connectivity index (χ4n) is 12.4. The first-order valence-electron chi connectivity index (χ1n) is 24.2. The van der Waals surface area contributed by atoms with Gasteiger partial charge in [-0.3, -0.25) is 0 Å². The summed E-state index contributed by atoms with van der Waals surface area (Å²) < 4.78 is 6.96. The molecule has 3 nitrogen and oxygen atoms in total. The summed E-state index contributed by atoms with van der Waals surface area (Å²) >= 11 is 0. The van der Waals surface area contributed by atoms with Crippen LogP contribution in [0.3, 0.4) is 0 Å². The predicted molar refractivity (Wildman–Crippen MR) is 289 cm³/mol. The summed E-state index contributed by atoms with van der Waals surface area (Å²) in [6, 6.07) is 93.9. The first-order chi connectivity index (χ1) is 34.8. The van der Waals surface area contributed by atoms with Gasteiger partial charge in [0.1, 0.15) is 11.2 Å². The zero-order chi connectivity index (χ0) is 45.9. The van der Waals surface area contributed by atoms with Crippen molar-refractivity contribution < 1.29 is 4.42 Å². The van der Waals surface area contributed by atoms with Crippen LogP contribution in [0, 0.1) is 0 Å². The van der Waals surface area contributed by atoms with Gasteiger partial charge in [-0.25, -0.2) is 0 Å². The van der Waals surface area contributed by atoms with E-state index in [9.17, 15) is 0 Å². The Morgan fingerprint density at radius 2 is 0.843 bits per heavy atom. The summed E-state index contributed by atoms with van der Waals surface area (Å²) in [5.41, 5.74) is 24.7. The highest BCUT2D eigenvalue weighted by Crippen LogP contribution is 2.64. The van der Waals surface area contributed by atoms with Crippen LogP contribution < -0.4 is 9.80 Å². The van der Waals surface area contributed by atoms with Gasteiger partial charge in [0.25, 0.3) is 0 Å². The molecule has 1 unspecified atom stereocenters. The van der Waals surface area contributed by atoms with Gasteiger partial charge in [-0.1, -0.05) is 188 Å². The molecule has 326 valence electrons. The van der Waals surface area contributed by atoms with Gasteiger partial charge < -0.3 is 14.2 Å². The van der Waals surface area contributed by atoms with Crippen molar-refractivity contribution in [2.75, 3.05) is 9.80 Å². The summed E-state index contributed by atoms with van der Waals surface area (Å²) in [6.07, 6.45) is 0. The van der Waals surface area contributed by atoms with Gasteiger partial charge in [0.15, 0.2) is 0 Å². The number of fused-ring (bicyclic) bond motifs is 21. The van der Waals surface area contributed by atoms with Crippen LogP contribution in [0.1, 0.15) is 22.3 Å². The third-order valence-corrected chi connectivity index (χ3v) is 15.2. The second kappa shape index (κ2) is 14.9. The van der Waals surface area contributed by atoms with Crippen LogP contribution in [0.15, 0.2) is 259 Å². The van der Waals surface area contributed by atoms with E-state index in [0.717, 1.165) is 67.2 Å². The average Bonchev–Trinajstić information content (AvgIpc) is 3.89. The largest absolute Gasteiger partial charge is 0.455 e. The van der Waals surface area contributed by atoms with Gasteiger partial charge in [0.2, 0.25) is 0 Å². The topological polar surface area (TPSA) is 19.6 Å². The maximum atomic E-state index is 6.96. The van der Waals surface area contributed by atoms with Crippen molar-refractivity contribution in [3.8, 4) is 55.6 Å². The first-order valence-corrected chi connectivity index (χ1v) is 24.2. The molecular weight excluding hydrogens is 849 g/mol. The Morgan fingerprint density at radius 1 is 0.314 bits per heavy atom. The van der Waals surface area contributed by atoms with E-state index < -0.39 is 5.41 Å². The number of hydrogen-bond acceptors (Lipinski definition) is 3. The van der Waals surface area contributed by atoms with E-state index in [2.05, 4.69) is 265 Å². The highest BCUT2D eigenvalue weighted by molar-refractivity contribution is 6.13. The third kappa shape index (κ3) is 5.34. The van der Waals surface area contributed by atoms with E-state index in [1.54, 1.807) is 0 Å². The summed E-state index contributed by atoms with van der Waals surface area (Å²) in [6.45, 7) is 0. The summed E-state index contributed by atoms with van der Waals surface area (Å²) in [5, 5.41) is 2.27. The minimum atomic E-state index is -0.711. The normalized spacial score (nSPS) is 14.6. The van der Waals surface area contributed by atoms with Crippen molar-refractivity contribution in [3.05, 3.63) is 277 Å². The third-order valence-electron chi connectivity index (χ3n) is 15.2. The highest BCUT2D eigenvalue weighted by atomic mass is 16.3. The Bertz CT molecular complexity index is 4090. The molecule has 11 aromatic carbocycles. The predicted octanol–water partition coefficient (Wildman–Crippen LogP) is 18.2. The molecule has 0 bridgehead atoms. The van der Waals surface area contributed by atoms with Crippen molar-refractivity contribution in [2.24, 2.45) is 0 Å². The maximum absolute atomic E-state index is 6.96. The Hall–Kier alpha value is -9.18. The lowest BCUT2D eigenvalue weighted by Crippen LogP contribution is -2.29. The standard InChI is InChI=1S/C67H42N2O/c1-3-19-43(20-4-1)68(45-36-40-63-57(41-45)50-26-10-9-25-49(50)53-28-13-17-33-62(53)69(63)44-21-5-2-6-22-44)46-35-37-52-48-24-8-7-23-47(48)51-27-11-15-31-58(51)67(61(52)42-46)59-32-16-12-30-56(59)65-60(67)39-38-55-54-29-14-18-34-64(54)70-66(55)65/h1-42H. The fraction of sp³-hybridized carbons (Fsp3) is 0.0149. The number of hydrogen-bond donors (Lipinski definition) is 0. The van der Waals surface area contributed by atoms with Crippen LogP contribution in [0.2, 0.25) is 0 Å². The van der Waals surface area contributed by atoms with Crippen LogP contribution in [-0.4, -0.2) is 0 Å². The number of para-hydroxylation sites is 4. The molecule has 1 atom stereocenters. The lowest BCUT2D eigenvalue weighted by Gasteiger charge is -2.36. The molecule has 0 fully saturated rings. The minimum absolute atomic E-state index is 0.711. The first kappa shape index (κ1) is 38.9. The van der Waals surface area contributed by atoms with Crippen molar-refractivity contribution in [2.45, 2.75) is 5.41 Å². The fourth-order valence-corrected chi connectivity index (χ4v) is 12.4. The Labute approximate surface area is 406 Å². The molecule has 12 aromatic rings. The van der Waals surface area contributed by atoms with Crippen LogP contribution in [0.4, 0.5) is 34.1 Å². The molecule has 70 heavy (non-hydrogen) atoms. The molecule has 3 heteroatoms. The van der Waals surface area contributed by atoms with Gasteiger partial charge >= 0.3 is 0 Å². The lowest BCUT2D eigenvalue weighted by molar-refractivity contribution is 0.669. The second-order valence-electron chi connectivity index (χ2n) is 18.7. The van der Waals surface area contributed by atoms with Crippen molar-refractivity contribution in [1.29, 1.82) is 0 Å². The Morgan fingerprint density at radius 3 is 1.60 bits per heavy atom. The Kier molecular flexibility index (Phi) is 8.28. The van der Waals surface area contributed by atoms with E-state index in [4.69, 9.17) is 4.42 Å². The lowest BCUT2D eigenvalue weighted by atomic mass is 9.65. The van der Waals surface area contributed by atoms with Crippen LogP contribution in [0.5, 0.6) is 0 Å². The van der Waals surface area contributed by atoms with E-state index >= 15 is 0 Å². The van der Waals surface area contributed by atoms with Gasteiger partial charge in [-0.2, -0.15) is 0 Å². The van der Waals surface area contributed by atoms with Crippen molar-refractivity contribution in [3.63, 3.8) is 0 Å². The highest BCUT2D eigenvalue weighted by Gasteiger charge is 2.51. The number of benzene rings is 11. The SMILES string of the molecule is c1ccc(N(c2ccc3c(c2)-c2ccccc2-c2ccccc2N3c2ccccc2)c2ccc3c(c2)C2(c4ccccc4-c4ccccc4-3)c3ccccc3-c3c2ccc2c3oc3ccccc32)cc1. The molecule has 2 aliphatic carbocycles. The molecule has 0 N–H and O–H groups in total. The molecule has 0 amide bonds. The molecule has 1 spiro atoms. The molecule has 3 aliphatic rings. The number of rotatable bonds is 4. The average molecular weight is 891 g/mol. The van der Waals surface area contributed by atoms with Gasteiger partial charge in [0.05, 0.1) is 16.8 Å². The van der Waals surface area contributed by atoms with E-state index in [-0.39, 0.29) is 0 Å². The molecular formula is C67H42N2O. The van der Waals surface area contributed by atoms with Gasteiger partial charge in [0, 0.05) is 50.2 Å². The van der Waals surface area contributed by atoms with E-state index in [0.29, 0.717) is 0 Å². The zero-order valence-corrected chi connectivity index (χ0v) is 38.1. The number of nitrogens with zero attached hydrogens (tertiary/aromatic N) is 2. The number of anilines is 6. The molecule has 0 saturated carbocycles. The van der Waals surface area contributed by atoms with Crippen molar-refractivity contribution >= 4 is 56.1 Å². The molecule has 1 aromatic heterocycles. The minimum Gasteiger partial charge on any atom is -0.455 e. The summed E-state index contributed by atoms with van der Waals surface area (Å²) in [5.74, 6) is 0. The number of furan rings is 1. The van der Waals surface area contributed by atoms with Crippen LogP contribution >= 0.6 is 0 Å². The summed E-state index contributed by atoms with van der Waals surface area (Å²) in [4.78, 5) is 4.88. The van der Waals surface area contributed by atoms with Crippen LogP contribution in [-0.2, 0) is 5.41 Å². The van der Waals surface area contributed by atoms with E-state index in [1.807, 2.05) is 0 Å². The monoisotopic (exact) mass is 890 g/mol. The molecule has 1 aliphatic heterocycles. The van der Waals surface area contributed by atoms with Gasteiger partial charge in [-0.05, 0) is 128 Å². The summed E-state index contributed by atoms with van der Waals surface area (Å²) in [7, 11) is 0. The van der Waals surface area contributed by atoms with Gasteiger partial charge in [-0.15, -0.1) is 0 Å². The molecule has 2 heterocycles. The van der Waals surface area contributed by atoms with Crippen molar-refractivity contribution in [1.82, 2.24) is 0 Å². The maximum Gasteiger partial charge on any atom is 0.143 e. The zero-order valence-electron chi connectivity index (χ0n) is 38.1. The molecule has 0 saturated heterocycles. The Balaban J connectivity index is 1.03.